The molecule has 4 nitrogen and oxygen atoms in total. The maximum Gasteiger partial charge on any atom is 0.270 e. The van der Waals surface area contributed by atoms with Gasteiger partial charge in [0.25, 0.3) is 5.91 Å². The van der Waals surface area contributed by atoms with Crippen molar-refractivity contribution in [1.29, 1.82) is 0 Å². The molecule has 0 atom stereocenters. The summed E-state index contributed by atoms with van der Waals surface area (Å²) in [6.07, 6.45) is 2.78. The highest BCUT2D eigenvalue weighted by atomic mass is 32.2. The van der Waals surface area contributed by atoms with Gasteiger partial charge in [-0.25, -0.2) is 4.98 Å². The lowest BCUT2D eigenvalue weighted by Gasteiger charge is -2.14. The Kier molecular flexibility index (Phi) is 4.38. The van der Waals surface area contributed by atoms with E-state index < -0.39 is 0 Å². The first-order chi connectivity index (χ1) is 12.6. The zero-order valence-electron chi connectivity index (χ0n) is 14.5. The van der Waals surface area contributed by atoms with E-state index in [-0.39, 0.29) is 5.91 Å². The third kappa shape index (κ3) is 2.85. The molecule has 2 aromatic carbocycles. The number of thioether (sulfide) groups is 1. The highest BCUT2D eigenvalue weighted by Crippen LogP contribution is 2.36. The first-order valence-corrected chi connectivity index (χ1v) is 9.59. The minimum atomic E-state index is -0.101. The van der Waals surface area contributed by atoms with Crippen molar-refractivity contribution in [2.45, 2.75) is 13.3 Å². The number of aromatic nitrogens is 2. The molecule has 4 rings (SSSR count). The molecular formula is C20H17N3OS2. The number of carbonyl (C=O) groups is 1. The predicted molar refractivity (Wildman–Crippen MR) is 112 cm³/mol. The van der Waals surface area contributed by atoms with E-state index in [2.05, 4.69) is 11.9 Å². The molecule has 0 spiro atoms. The molecule has 3 aromatic rings. The SMILES string of the molecule is CCc1ccc(N2C(=O)C(=Cc3nc4ccccc4n3C)SC2=S)cc1. The van der Waals surface area contributed by atoms with Crippen LogP contribution in [0.4, 0.5) is 5.69 Å². The lowest BCUT2D eigenvalue weighted by atomic mass is 10.1. The van der Waals surface area contributed by atoms with Gasteiger partial charge < -0.3 is 4.57 Å². The lowest BCUT2D eigenvalue weighted by Crippen LogP contribution is -2.27. The van der Waals surface area contributed by atoms with Crippen LogP contribution in [0.3, 0.4) is 0 Å². The number of carbonyl (C=O) groups excluding carboxylic acids is 1. The van der Waals surface area contributed by atoms with Gasteiger partial charge in [-0.3, -0.25) is 9.69 Å². The third-order valence-electron chi connectivity index (χ3n) is 4.48. The number of fused-ring (bicyclic) bond motifs is 1. The van der Waals surface area contributed by atoms with Crippen molar-refractivity contribution in [3.8, 4) is 0 Å². The fourth-order valence-electron chi connectivity index (χ4n) is 2.98. The van der Waals surface area contributed by atoms with Gasteiger partial charge in [0.05, 0.1) is 21.6 Å². The molecule has 26 heavy (non-hydrogen) atoms. The molecule has 2 heterocycles. The minimum Gasteiger partial charge on any atom is -0.328 e. The van der Waals surface area contributed by atoms with Gasteiger partial charge in [-0.05, 0) is 36.2 Å². The number of hydrogen-bond acceptors (Lipinski definition) is 4. The van der Waals surface area contributed by atoms with E-state index in [4.69, 9.17) is 12.2 Å². The standard InChI is InChI=1S/C20H17N3OS2/c1-3-13-8-10-14(11-9-13)23-19(24)17(26-20(23)25)12-18-21-15-6-4-5-7-16(15)22(18)2/h4-12H,3H2,1-2H3. The molecule has 6 heteroatoms. The molecule has 1 aromatic heterocycles. The van der Waals surface area contributed by atoms with Gasteiger partial charge in [-0.2, -0.15) is 0 Å². The molecule has 0 N–H and O–H groups in total. The van der Waals surface area contributed by atoms with E-state index in [1.165, 1.54) is 17.3 Å². The number of rotatable bonds is 3. The number of hydrogen-bond donors (Lipinski definition) is 0. The quantitative estimate of drug-likeness (QED) is 0.495. The van der Waals surface area contributed by atoms with E-state index in [1.807, 2.05) is 66.2 Å². The molecule has 0 unspecified atom stereocenters. The summed E-state index contributed by atoms with van der Waals surface area (Å²) >= 11 is 6.77. The summed E-state index contributed by atoms with van der Waals surface area (Å²) in [6.45, 7) is 2.11. The predicted octanol–water partition coefficient (Wildman–Crippen LogP) is 4.54. The molecule has 0 bridgehead atoms. The summed E-state index contributed by atoms with van der Waals surface area (Å²) in [5.41, 5.74) is 3.98. The van der Waals surface area contributed by atoms with E-state index in [0.29, 0.717) is 9.23 Å². The number of imidazole rings is 1. The molecular weight excluding hydrogens is 362 g/mol. The smallest absolute Gasteiger partial charge is 0.270 e. The highest BCUT2D eigenvalue weighted by Gasteiger charge is 2.33. The van der Waals surface area contributed by atoms with Crippen molar-refractivity contribution in [1.82, 2.24) is 9.55 Å². The lowest BCUT2D eigenvalue weighted by molar-refractivity contribution is -0.113. The van der Waals surface area contributed by atoms with E-state index in [1.54, 1.807) is 4.90 Å². The Morgan fingerprint density at radius 3 is 2.58 bits per heavy atom. The van der Waals surface area contributed by atoms with Crippen LogP contribution in [-0.4, -0.2) is 19.8 Å². The summed E-state index contributed by atoms with van der Waals surface area (Å²) in [5.74, 6) is 0.643. The average molecular weight is 380 g/mol. The van der Waals surface area contributed by atoms with Crippen molar-refractivity contribution in [3.63, 3.8) is 0 Å². The van der Waals surface area contributed by atoms with Crippen molar-refractivity contribution < 1.29 is 4.79 Å². The fourth-order valence-corrected chi connectivity index (χ4v) is 4.25. The molecule has 1 saturated heterocycles. The minimum absolute atomic E-state index is 0.101. The zero-order chi connectivity index (χ0) is 18.3. The van der Waals surface area contributed by atoms with Gasteiger partial charge in [0.15, 0.2) is 4.32 Å². The van der Waals surface area contributed by atoms with Gasteiger partial charge in [0.2, 0.25) is 0 Å². The number of amides is 1. The second-order valence-electron chi connectivity index (χ2n) is 6.05. The second kappa shape index (κ2) is 6.70. The molecule has 1 aliphatic rings. The first kappa shape index (κ1) is 17.0. The van der Waals surface area contributed by atoms with Crippen LogP contribution < -0.4 is 4.90 Å². The van der Waals surface area contributed by atoms with E-state index in [9.17, 15) is 4.79 Å². The number of anilines is 1. The summed E-state index contributed by atoms with van der Waals surface area (Å²) in [6, 6.07) is 15.9. The Labute approximate surface area is 161 Å². The third-order valence-corrected chi connectivity index (χ3v) is 5.78. The number of nitrogens with zero attached hydrogens (tertiary/aromatic N) is 3. The maximum absolute atomic E-state index is 12.9. The molecule has 1 amide bonds. The largest absolute Gasteiger partial charge is 0.328 e. The monoisotopic (exact) mass is 379 g/mol. The number of thiocarbonyl (C=S) groups is 1. The number of para-hydroxylation sites is 2. The summed E-state index contributed by atoms with van der Waals surface area (Å²) in [5, 5.41) is 0. The van der Waals surface area contributed by atoms with Crippen LogP contribution in [-0.2, 0) is 18.3 Å². The highest BCUT2D eigenvalue weighted by molar-refractivity contribution is 8.27. The summed E-state index contributed by atoms with van der Waals surface area (Å²) in [7, 11) is 1.95. The van der Waals surface area contributed by atoms with Gasteiger partial charge in [0.1, 0.15) is 5.82 Å². The van der Waals surface area contributed by atoms with E-state index >= 15 is 0 Å². The Balaban J connectivity index is 1.69. The normalized spacial score (nSPS) is 16.2. The number of benzene rings is 2. The van der Waals surface area contributed by atoms with Gasteiger partial charge in [-0.1, -0.05) is 55.2 Å². The zero-order valence-corrected chi connectivity index (χ0v) is 16.1. The Morgan fingerprint density at radius 1 is 1.15 bits per heavy atom. The van der Waals surface area contributed by atoms with Crippen LogP contribution >= 0.6 is 24.0 Å². The van der Waals surface area contributed by atoms with Crippen LogP contribution in [0.15, 0.2) is 53.4 Å². The van der Waals surface area contributed by atoms with Gasteiger partial charge in [-0.15, -0.1) is 0 Å². The summed E-state index contributed by atoms with van der Waals surface area (Å²) < 4.78 is 2.53. The topological polar surface area (TPSA) is 38.1 Å². The van der Waals surface area contributed by atoms with Crippen LogP contribution in [0.25, 0.3) is 17.1 Å². The van der Waals surface area contributed by atoms with Crippen molar-refractivity contribution in [2.24, 2.45) is 7.05 Å². The number of aryl methyl sites for hydroxylation is 2. The molecule has 0 radical (unpaired) electrons. The van der Waals surface area contributed by atoms with Crippen molar-refractivity contribution >= 4 is 57.0 Å². The Hall–Kier alpha value is -2.44. The fraction of sp³-hybridized carbons (Fsp3) is 0.150. The average Bonchev–Trinajstić information content (AvgIpc) is 3.12. The van der Waals surface area contributed by atoms with Crippen molar-refractivity contribution in [3.05, 3.63) is 64.8 Å². The second-order valence-corrected chi connectivity index (χ2v) is 7.73. The van der Waals surface area contributed by atoms with Crippen LogP contribution in [0.1, 0.15) is 18.3 Å². The Bertz CT molecular complexity index is 1050. The van der Waals surface area contributed by atoms with Crippen LogP contribution in [0.5, 0.6) is 0 Å². The van der Waals surface area contributed by atoms with Crippen LogP contribution in [0, 0.1) is 0 Å². The van der Waals surface area contributed by atoms with Crippen molar-refractivity contribution in [2.75, 3.05) is 4.90 Å². The molecule has 1 fully saturated rings. The first-order valence-electron chi connectivity index (χ1n) is 8.37. The molecule has 1 aliphatic heterocycles. The summed E-state index contributed by atoms with van der Waals surface area (Å²) in [4.78, 5) is 19.7. The van der Waals surface area contributed by atoms with Gasteiger partial charge in [0, 0.05) is 13.1 Å². The maximum atomic E-state index is 12.9. The Morgan fingerprint density at radius 2 is 1.88 bits per heavy atom. The van der Waals surface area contributed by atoms with Crippen LogP contribution in [0.2, 0.25) is 0 Å². The molecule has 0 aliphatic carbocycles. The molecule has 130 valence electrons. The van der Waals surface area contributed by atoms with Gasteiger partial charge >= 0.3 is 0 Å². The van der Waals surface area contributed by atoms with E-state index in [0.717, 1.165) is 29.0 Å². The molecule has 0 saturated carbocycles.